The fraction of sp³-hybridized carbons (Fsp3) is 0.381. The van der Waals surface area contributed by atoms with Crippen LogP contribution < -0.4 is 0 Å². The summed E-state index contributed by atoms with van der Waals surface area (Å²) in [7, 11) is 0. The van der Waals surface area contributed by atoms with Gasteiger partial charge in [-0.3, -0.25) is 0 Å². The van der Waals surface area contributed by atoms with Crippen molar-refractivity contribution in [3.05, 3.63) is 53.1 Å². The summed E-state index contributed by atoms with van der Waals surface area (Å²) in [4.78, 5) is 7.35. The number of fused-ring (bicyclic) bond motifs is 1. The molecule has 4 heteroatoms. The SMILES string of the molecule is CCN(CC)CCCn1c(-c2cccc(C)c2)nc2ccc(Cl)cc21. The molecule has 25 heavy (non-hydrogen) atoms. The second kappa shape index (κ2) is 8.03. The lowest BCUT2D eigenvalue weighted by Crippen LogP contribution is -2.24. The minimum absolute atomic E-state index is 0.758. The molecule has 132 valence electrons. The largest absolute Gasteiger partial charge is 0.324 e. The van der Waals surface area contributed by atoms with Gasteiger partial charge in [0.05, 0.1) is 11.0 Å². The van der Waals surface area contributed by atoms with Crippen LogP contribution in [0.3, 0.4) is 0 Å². The van der Waals surface area contributed by atoms with Gasteiger partial charge < -0.3 is 9.47 Å². The van der Waals surface area contributed by atoms with E-state index in [1.807, 2.05) is 18.2 Å². The van der Waals surface area contributed by atoms with Gasteiger partial charge in [0, 0.05) is 17.1 Å². The average molecular weight is 356 g/mol. The van der Waals surface area contributed by atoms with Crippen molar-refractivity contribution in [2.45, 2.75) is 33.7 Å². The Morgan fingerprint density at radius 3 is 2.60 bits per heavy atom. The van der Waals surface area contributed by atoms with Crippen LogP contribution in [0.4, 0.5) is 0 Å². The van der Waals surface area contributed by atoms with Crippen LogP contribution in [-0.4, -0.2) is 34.1 Å². The van der Waals surface area contributed by atoms with E-state index in [0.717, 1.165) is 60.0 Å². The second-order valence-electron chi connectivity index (χ2n) is 6.47. The van der Waals surface area contributed by atoms with Crippen LogP contribution in [0.5, 0.6) is 0 Å². The van der Waals surface area contributed by atoms with Gasteiger partial charge in [0.25, 0.3) is 0 Å². The molecule has 3 aromatic rings. The van der Waals surface area contributed by atoms with Crippen LogP contribution in [0.25, 0.3) is 22.4 Å². The summed E-state index contributed by atoms with van der Waals surface area (Å²) in [6, 6.07) is 14.5. The Hall–Kier alpha value is -1.84. The van der Waals surface area contributed by atoms with Crippen LogP contribution in [-0.2, 0) is 6.54 Å². The van der Waals surface area contributed by atoms with E-state index in [9.17, 15) is 0 Å². The van der Waals surface area contributed by atoms with Gasteiger partial charge in [-0.05, 0) is 57.2 Å². The van der Waals surface area contributed by atoms with E-state index in [1.54, 1.807) is 0 Å². The Labute approximate surface area is 155 Å². The zero-order valence-electron chi connectivity index (χ0n) is 15.3. The van der Waals surface area contributed by atoms with E-state index in [4.69, 9.17) is 16.6 Å². The summed E-state index contributed by atoms with van der Waals surface area (Å²) in [5, 5.41) is 0.758. The Kier molecular flexibility index (Phi) is 5.77. The van der Waals surface area contributed by atoms with E-state index in [1.165, 1.54) is 5.56 Å². The van der Waals surface area contributed by atoms with Gasteiger partial charge in [0.1, 0.15) is 5.82 Å². The van der Waals surface area contributed by atoms with Crippen LogP contribution in [0.1, 0.15) is 25.8 Å². The number of hydrogen-bond acceptors (Lipinski definition) is 2. The molecule has 0 fully saturated rings. The van der Waals surface area contributed by atoms with Gasteiger partial charge in [-0.25, -0.2) is 4.98 Å². The first-order valence-corrected chi connectivity index (χ1v) is 9.45. The highest BCUT2D eigenvalue weighted by Crippen LogP contribution is 2.27. The molecule has 0 radical (unpaired) electrons. The van der Waals surface area contributed by atoms with E-state index in [-0.39, 0.29) is 0 Å². The van der Waals surface area contributed by atoms with Gasteiger partial charge >= 0.3 is 0 Å². The van der Waals surface area contributed by atoms with Crippen LogP contribution in [0.2, 0.25) is 5.02 Å². The van der Waals surface area contributed by atoms with Crippen LogP contribution in [0.15, 0.2) is 42.5 Å². The summed E-state index contributed by atoms with van der Waals surface area (Å²) in [6.07, 6.45) is 1.10. The Bertz CT molecular complexity index is 849. The lowest BCUT2D eigenvalue weighted by Gasteiger charge is -2.18. The van der Waals surface area contributed by atoms with E-state index in [0.29, 0.717) is 0 Å². The number of imidazole rings is 1. The summed E-state index contributed by atoms with van der Waals surface area (Å²) in [6.45, 7) is 10.8. The van der Waals surface area contributed by atoms with E-state index < -0.39 is 0 Å². The molecule has 0 spiro atoms. The first-order valence-electron chi connectivity index (χ1n) is 9.07. The third kappa shape index (κ3) is 4.05. The van der Waals surface area contributed by atoms with Gasteiger partial charge in [0.15, 0.2) is 0 Å². The molecule has 0 saturated heterocycles. The van der Waals surface area contributed by atoms with Crippen molar-refractivity contribution >= 4 is 22.6 Å². The fourth-order valence-corrected chi connectivity index (χ4v) is 3.49. The summed E-state index contributed by atoms with van der Waals surface area (Å²) >= 11 is 6.25. The molecule has 1 heterocycles. The molecular formula is C21H26ClN3. The van der Waals surface area contributed by atoms with Crippen molar-refractivity contribution in [3.8, 4) is 11.4 Å². The fourth-order valence-electron chi connectivity index (χ4n) is 3.32. The summed E-state index contributed by atoms with van der Waals surface area (Å²) < 4.78 is 2.32. The molecule has 0 aliphatic carbocycles. The maximum Gasteiger partial charge on any atom is 0.141 e. The predicted octanol–water partition coefficient (Wildman–Crippen LogP) is 5.40. The molecule has 2 aromatic carbocycles. The normalized spacial score (nSPS) is 11.6. The zero-order chi connectivity index (χ0) is 17.8. The van der Waals surface area contributed by atoms with Crippen LogP contribution in [0, 0.1) is 6.92 Å². The molecule has 0 unspecified atom stereocenters. The predicted molar refractivity (Wildman–Crippen MR) is 107 cm³/mol. The standard InChI is InChI=1S/C21H26ClN3/c1-4-24(5-2)12-7-13-25-20-15-18(22)10-11-19(20)23-21(25)17-9-6-8-16(3)14-17/h6,8-11,14-15H,4-5,7,12-13H2,1-3H3. The molecule has 0 saturated carbocycles. The smallest absolute Gasteiger partial charge is 0.141 e. The molecule has 0 aliphatic rings. The maximum atomic E-state index is 6.25. The van der Waals surface area contributed by atoms with Crippen molar-refractivity contribution in [1.29, 1.82) is 0 Å². The van der Waals surface area contributed by atoms with Crippen molar-refractivity contribution in [2.75, 3.05) is 19.6 Å². The highest BCUT2D eigenvalue weighted by Gasteiger charge is 2.13. The van der Waals surface area contributed by atoms with Gasteiger partial charge in [0.2, 0.25) is 0 Å². The topological polar surface area (TPSA) is 21.1 Å². The maximum absolute atomic E-state index is 6.25. The number of aryl methyl sites for hydroxylation is 2. The Balaban J connectivity index is 1.98. The number of rotatable bonds is 7. The van der Waals surface area contributed by atoms with Crippen molar-refractivity contribution in [1.82, 2.24) is 14.5 Å². The molecule has 0 N–H and O–H groups in total. The highest BCUT2D eigenvalue weighted by atomic mass is 35.5. The third-order valence-electron chi connectivity index (χ3n) is 4.74. The lowest BCUT2D eigenvalue weighted by atomic mass is 10.1. The Morgan fingerprint density at radius 2 is 1.88 bits per heavy atom. The summed E-state index contributed by atoms with van der Waals surface area (Å²) in [5.74, 6) is 1.03. The molecule has 0 bridgehead atoms. The molecule has 3 rings (SSSR count). The van der Waals surface area contributed by atoms with Gasteiger partial charge in [-0.15, -0.1) is 0 Å². The number of halogens is 1. The third-order valence-corrected chi connectivity index (χ3v) is 4.97. The van der Waals surface area contributed by atoms with Gasteiger partial charge in [-0.1, -0.05) is 49.2 Å². The quantitative estimate of drug-likeness (QED) is 0.566. The average Bonchev–Trinajstić information content (AvgIpc) is 2.96. The number of benzene rings is 2. The first kappa shape index (κ1) is 18.0. The number of hydrogen-bond donors (Lipinski definition) is 0. The van der Waals surface area contributed by atoms with Crippen molar-refractivity contribution in [2.24, 2.45) is 0 Å². The van der Waals surface area contributed by atoms with Crippen LogP contribution >= 0.6 is 11.6 Å². The highest BCUT2D eigenvalue weighted by molar-refractivity contribution is 6.31. The minimum atomic E-state index is 0.758. The van der Waals surface area contributed by atoms with Gasteiger partial charge in [-0.2, -0.15) is 0 Å². The first-order chi connectivity index (χ1) is 12.1. The minimum Gasteiger partial charge on any atom is -0.324 e. The van der Waals surface area contributed by atoms with E-state index in [2.05, 4.69) is 54.5 Å². The monoisotopic (exact) mass is 355 g/mol. The molecule has 0 aliphatic heterocycles. The summed E-state index contributed by atoms with van der Waals surface area (Å²) in [5.41, 5.74) is 4.53. The molecule has 1 aromatic heterocycles. The van der Waals surface area contributed by atoms with Crippen molar-refractivity contribution < 1.29 is 0 Å². The Morgan fingerprint density at radius 1 is 1.08 bits per heavy atom. The number of nitrogens with zero attached hydrogens (tertiary/aromatic N) is 3. The molecule has 3 nitrogen and oxygen atoms in total. The molecule has 0 atom stereocenters. The zero-order valence-corrected chi connectivity index (χ0v) is 16.1. The second-order valence-corrected chi connectivity index (χ2v) is 6.91. The molecule has 0 amide bonds. The lowest BCUT2D eigenvalue weighted by molar-refractivity contribution is 0.294. The van der Waals surface area contributed by atoms with E-state index >= 15 is 0 Å². The molecular weight excluding hydrogens is 330 g/mol. The van der Waals surface area contributed by atoms with Crippen molar-refractivity contribution in [3.63, 3.8) is 0 Å². The number of aromatic nitrogens is 2.